The molecule has 0 amide bonds. The van der Waals surface area contributed by atoms with Crippen molar-refractivity contribution in [3.63, 3.8) is 0 Å². The summed E-state index contributed by atoms with van der Waals surface area (Å²) < 4.78 is 24.1. The van der Waals surface area contributed by atoms with Gasteiger partial charge in [-0.05, 0) is 50.8 Å². The molecule has 0 unspecified atom stereocenters. The van der Waals surface area contributed by atoms with Gasteiger partial charge in [-0.15, -0.1) is 0 Å². The smallest absolute Gasteiger partial charge is 0.190 e. The van der Waals surface area contributed by atoms with Crippen LogP contribution in [0.4, 0.5) is 0 Å². The largest absolute Gasteiger partial charge is 0.390 e. The Hall–Kier alpha value is -0.690. The van der Waals surface area contributed by atoms with Crippen LogP contribution in [0, 0.1) is 13.8 Å². The molecule has 0 aromatic heterocycles. The van der Waals surface area contributed by atoms with E-state index in [2.05, 4.69) is 6.92 Å². The van der Waals surface area contributed by atoms with Crippen molar-refractivity contribution in [3.05, 3.63) is 33.8 Å². The fraction of sp³-hybridized carbons (Fsp3) is 0.714. The number of benzene rings is 1. The third-order valence-electron chi connectivity index (χ3n) is 5.43. The summed E-state index contributed by atoms with van der Waals surface area (Å²) in [4.78, 5) is 0. The van der Waals surface area contributed by atoms with Crippen LogP contribution in [0.3, 0.4) is 0 Å². The highest BCUT2D eigenvalue weighted by atomic mass is 35.5. The van der Waals surface area contributed by atoms with E-state index in [-0.39, 0.29) is 6.10 Å². The molecule has 0 saturated carbocycles. The lowest BCUT2D eigenvalue weighted by atomic mass is 10.0. The van der Waals surface area contributed by atoms with E-state index in [0.29, 0.717) is 13.0 Å². The van der Waals surface area contributed by atoms with Crippen molar-refractivity contribution in [3.8, 4) is 0 Å². The molecular weight excluding hydrogens is 368 g/mol. The van der Waals surface area contributed by atoms with Gasteiger partial charge in [-0.2, -0.15) is 0 Å². The minimum absolute atomic E-state index is 0.331. The molecule has 1 aromatic rings. The quantitative estimate of drug-likeness (QED) is 0.743. The lowest BCUT2D eigenvalue weighted by Gasteiger charge is -2.29. The predicted molar refractivity (Wildman–Crippen MR) is 104 cm³/mol. The second-order valence-corrected chi connectivity index (χ2v) is 8.41. The average molecular weight is 399 g/mol. The molecule has 0 bridgehead atoms. The topological polar surface area (TPSA) is 57.2 Å². The van der Waals surface area contributed by atoms with Crippen LogP contribution in [0.2, 0.25) is 5.02 Å². The van der Waals surface area contributed by atoms with Crippen LogP contribution < -0.4 is 0 Å². The number of rotatable bonds is 7. The highest BCUT2D eigenvalue weighted by Crippen LogP contribution is 2.40. The minimum Gasteiger partial charge on any atom is -0.390 e. The number of hydrogen-bond donors (Lipinski definition) is 1. The van der Waals surface area contributed by atoms with E-state index < -0.39 is 30.4 Å². The Bertz CT molecular complexity index is 662. The lowest BCUT2D eigenvalue weighted by molar-refractivity contribution is -0.230. The van der Waals surface area contributed by atoms with Crippen molar-refractivity contribution >= 4 is 11.6 Å². The van der Waals surface area contributed by atoms with Gasteiger partial charge >= 0.3 is 0 Å². The van der Waals surface area contributed by atoms with Crippen molar-refractivity contribution in [2.45, 2.75) is 97.0 Å². The number of halogens is 1. The highest BCUT2D eigenvalue weighted by Gasteiger charge is 2.56. The van der Waals surface area contributed by atoms with Crippen molar-refractivity contribution in [2.75, 3.05) is 0 Å². The van der Waals surface area contributed by atoms with E-state index >= 15 is 0 Å². The molecule has 2 heterocycles. The van der Waals surface area contributed by atoms with Crippen LogP contribution in [-0.2, 0) is 25.6 Å². The van der Waals surface area contributed by atoms with Gasteiger partial charge in [-0.25, -0.2) is 0 Å². The number of aryl methyl sites for hydroxylation is 1. The lowest BCUT2D eigenvalue weighted by Crippen LogP contribution is -2.42. The summed E-state index contributed by atoms with van der Waals surface area (Å²) in [5, 5.41) is 11.3. The third-order valence-corrected chi connectivity index (χ3v) is 5.95. The highest BCUT2D eigenvalue weighted by molar-refractivity contribution is 6.32. The SMILES string of the molecule is CCCC[C@H](O)[C@H]1O[C@@H]2OC(C)(C)O[C@@H]2[C@H]1OCc1ccc(C)c(C)c1Cl. The number of aliphatic hydroxyl groups excluding tert-OH is 1. The summed E-state index contributed by atoms with van der Waals surface area (Å²) in [6.07, 6.45) is 0.196. The Morgan fingerprint density at radius 1 is 1.26 bits per heavy atom. The Morgan fingerprint density at radius 2 is 2.00 bits per heavy atom. The maximum Gasteiger partial charge on any atom is 0.190 e. The summed E-state index contributed by atoms with van der Waals surface area (Å²) in [5.74, 6) is -0.728. The zero-order chi connectivity index (χ0) is 19.8. The first-order valence-corrected chi connectivity index (χ1v) is 10.2. The van der Waals surface area contributed by atoms with Gasteiger partial charge in [0.1, 0.15) is 18.3 Å². The Labute approximate surface area is 166 Å². The van der Waals surface area contributed by atoms with Crippen LogP contribution in [-0.4, -0.2) is 41.6 Å². The molecule has 0 radical (unpaired) electrons. The minimum atomic E-state index is -0.728. The standard InChI is InChI=1S/C21H31ClO5/c1-6-7-8-15(23)17-18(19-20(25-17)27-21(4,5)26-19)24-11-14-10-9-12(2)13(3)16(14)22/h9-10,15,17-20,23H,6-8,11H2,1-5H3/t15-,17+,18-,19+,20+/m0/s1. The summed E-state index contributed by atoms with van der Waals surface area (Å²) in [6, 6.07) is 4.02. The zero-order valence-electron chi connectivity index (χ0n) is 16.8. The second kappa shape index (κ2) is 8.36. The van der Waals surface area contributed by atoms with Gasteiger partial charge in [0, 0.05) is 5.02 Å². The number of ether oxygens (including phenoxy) is 4. The first-order valence-electron chi connectivity index (χ1n) is 9.79. The van der Waals surface area contributed by atoms with Gasteiger partial charge in [-0.1, -0.05) is 43.5 Å². The van der Waals surface area contributed by atoms with Gasteiger partial charge in [0.2, 0.25) is 0 Å². The molecule has 5 atom stereocenters. The number of unbranched alkanes of at least 4 members (excludes halogenated alkanes) is 1. The summed E-state index contributed by atoms with van der Waals surface area (Å²) in [5.41, 5.74) is 3.12. The van der Waals surface area contributed by atoms with Gasteiger partial charge in [0.15, 0.2) is 12.1 Å². The maximum atomic E-state index is 10.6. The molecule has 2 fully saturated rings. The molecule has 1 aromatic carbocycles. The van der Waals surface area contributed by atoms with Gasteiger partial charge in [-0.3, -0.25) is 0 Å². The summed E-state index contributed by atoms with van der Waals surface area (Å²) in [6.45, 7) is 10.2. The molecule has 5 nitrogen and oxygen atoms in total. The molecule has 3 rings (SSSR count). The van der Waals surface area contributed by atoms with E-state index in [0.717, 1.165) is 34.6 Å². The van der Waals surface area contributed by atoms with Crippen molar-refractivity contribution in [1.29, 1.82) is 0 Å². The van der Waals surface area contributed by atoms with Crippen LogP contribution in [0.5, 0.6) is 0 Å². The summed E-state index contributed by atoms with van der Waals surface area (Å²) >= 11 is 6.49. The van der Waals surface area contributed by atoms with E-state index in [1.807, 2.05) is 39.8 Å². The molecule has 2 aliphatic heterocycles. The molecule has 2 saturated heterocycles. The fourth-order valence-corrected chi connectivity index (χ4v) is 3.98. The molecule has 27 heavy (non-hydrogen) atoms. The summed E-state index contributed by atoms with van der Waals surface area (Å²) in [7, 11) is 0. The van der Waals surface area contributed by atoms with Crippen molar-refractivity contribution in [1.82, 2.24) is 0 Å². The van der Waals surface area contributed by atoms with Gasteiger partial charge in [0.05, 0.1) is 12.7 Å². The molecule has 2 aliphatic rings. The number of fused-ring (bicyclic) bond motifs is 1. The van der Waals surface area contributed by atoms with E-state index in [1.54, 1.807) is 0 Å². The Balaban J connectivity index is 1.75. The van der Waals surface area contributed by atoms with E-state index in [4.69, 9.17) is 30.5 Å². The molecule has 0 aliphatic carbocycles. The first-order chi connectivity index (χ1) is 12.7. The van der Waals surface area contributed by atoms with Crippen molar-refractivity contribution in [2.24, 2.45) is 0 Å². The van der Waals surface area contributed by atoms with Crippen molar-refractivity contribution < 1.29 is 24.1 Å². The Kier molecular flexibility index (Phi) is 6.51. The molecule has 152 valence electrons. The zero-order valence-corrected chi connectivity index (χ0v) is 17.6. The predicted octanol–water partition coefficient (Wildman–Crippen LogP) is 4.27. The maximum absolute atomic E-state index is 10.6. The molecular formula is C21H31ClO5. The van der Waals surface area contributed by atoms with Gasteiger partial charge in [0.25, 0.3) is 0 Å². The van der Waals surface area contributed by atoms with Crippen LogP contribution in [0.25, 0.3) is 0 Å². The molecule has 1 N–H and O–H groups in total. The monoisotopic (exact) mass is 398 g/mol. The number of aliphatic hydroxyl groups is 1. The Morgan fingerprint density at radius 3 is 2.70 bits per heavy atom. The van der Waals surface area contributed by atoms with Crippen LogP contribution >= 0.6 is 11.6 Å². The third kappa shape index (κ3) is 4.50. The van der Waals surface area contributed by atoms with Gasteiger partial charge < -0.3 is 24.1 Å². The normalized spacial score (nSPS) is 30.5. The van der Waals surface area contributed by atoms with Crippen LogP contribution in [0.15, 0.2) is 12.1 Å². The number of hydrogen-bond acceptors (Lipinski definition) is 5. The first kappa shape index (κ1) is 21.0. The average Bonchev–Trinajstić information content (AvgIpc) is 3.09. The molecule has 6 heteroatoms. The second-order valence-electron chi connectivity index (χ2n) is 8.03. The van der Waals surface area contributed by atoms with E-state index in [1.165, 1.54) is 0 Å². The van der Waals surface area contributed by atoms with Crippen LogP contribution in [0.1, 0.15) is 56.7 Å². The molecule has 0 spiro atoms. The fourth-order valence-electron chi connectivity index (χ4n) is 3.72. The van der Waals surface area contributed by atoms with E-state index in [9.17, 15) is 5.11 Å².